The van der Waals surface area contributed by atoms with Crippen LogP contribution in [0.2, 0.25) is 5.02 Å². The highest BCUT2D eigenvalue weighted by Gasteiger charge is 2.22. The first-order valence-electron chi connectivity index (χ1n) is 8.27. The molecule has 0 unspecified atom stereocenters. The monoisotopic (exact) mass is 399 g/mol. The molecule has 2 N–H and O–H groups in total. The molecule has 8 nitrogen and oxygen atoms in total. The fraction of sp³-hybridized carbons (Fsp3) is 0.211. The van der Waals surface area contributed by atoms with Crippen molar-refractivity contribution in [1.82, 2.24) is 14.3 Å². The lowest BCUT2D eigenvalue weighted by molar-refractivity contribution is 0.0593. The number of hydrogen-bond acceptors (Lipinski definition) is 6. The number of halogens is 1. The molecular weight excluding hydrogens is 382 g/mol. The number of rotatable bonds is 5. The summed E-state index contributed by atoms with van der Waals surface area (Å²) in [5, 5.41) is 13.8. The highest BCUT2D eigenvalue weighted by atomic mass is 35.5. The molecule has 0 fully saturated rings. The van der Waals surface area contributed by atoms with Gasteiger partial charge in [0, 0.05) is 18.9 Å². The quantitative estimate of drug-likeness (QED) is 0.660. The first-order valence-corrected chi connectivity index (χ1v) is 8.65. The molecule has 0 aliphatic heterocycles. The number of esters is 1. The molecule has 28 heavy (non-hydrogen) atoms. The number of benzene rings is 1. The Hall–Kier alpha value is -3.44. The molecule has 0 bridgehead atoms. The Morgan fingerprint density at radius 1 is 1.39 bits per heavy atom. The first-order chi connectivity index (χ1) is 13.3. The van der Waals surface area contributed by atoms with Crippen LogP contribution in [0.15, 0.2) is 30.5 Å². The van der Waals surface area contributed by atoms with E-state index in [1.807, 2.05) is 26.1 Å². The fourth-order valence-corrected chi connectivity index (χ4v) is 3.06. The molecule has 3 aromatic rings. The highest BCUT2D eigenvalue weighted by Crippen LogP contribution is 2.31. The Balaban J connectivity index is 1.91. The van der Waals surface area contributed by atoms with Crippen molar-refractivity contribution in [2.75, 3.05) is 12.8 Å². The molecule has 9 heteroatoms. The van der Waals surface area contributed by atoms with Crippen molar-refractivity contribution in [3.8, 4) is 17.5 Å². The number of aromatic nitrogens is 3. The molecule has 0 aliphatic carbocycles. The second kappa shape index (κ2) is 7.66. The van der Waals surface area contributed by atoms with Gasteiger partial charge in [0.05, 0.1) is 34.8 Å². The zero-order valence-corrected chi connectivity index (χ0v) is 16.3. The van der Waals surface area contributed by atoms with Crippen molar-refractivity contribution < 1.29 is 14.3 Å². The Kier molecular flexibility index (Phi) is 5.29. The highest BCUT2D eigenvalue weighted by molar-refractivity contribution is 6.32. The number of nitrogens with two attached hydrogens (primary N) is 1. The van der Waals surface area contributed by atoms with Crippen LogP contribution in [0.25, 0.3) is 5.69 Å². The summed E-state index contributed by atoms with van der Waals surface area (Å²) in [6.45, 7) is 2.21. The average Bonchev–Trinajstić information content (AvgIpc) is 3.18. The molecule has 1 aromatic carbocycles. The van der Waals surface area contributed by atoms with Gasteiger partial charge in [0.15, 0.2) is 5.69 Å². The second-order valence-corrected chi connectivity index (χ2v) is 6.49. The minimum atomic E-state index is -0.651. The van der Waals surface area contributed by atoms with Gasteiger partial charge in [-0.2, -0.15) is 10.4 Å². The van der Waals surface area contributed by atoms with E-state index in [1.165, 1.54) is 17.9 Å². The molecule has 0 spiro atoms. The van der Waals surface area contributed by atoms with Gasteiger partial charge in [-0.15, -0.1) is 0 Å². The topological polar surface area (TPSA) is 108 Å². The summed E-state index contributed by atoms with van der Waals surface area (Å²) in [4.78, 5) is 12.1. The van der Waals surface area contributed by atoms with E-state index in [4.69, 9.17) is 26.8 Å². The summed E-state index contributed by atoms with van der Waals surface area (Å²) < 4.78 is 13.8. The van der Waals surface area contributed by atoms with E-state index >= 15 is 0 Å². The SMILES string of the molecule is COC(=O)c1c(N)c(C#N)cn1-c1ccc(OCc2cc(C)nn2C)c(Cl)c1. The van der Waals surface area contributed by atoms with Crippen molar-refractivity contribution in [2.24, 2.45) is 7.05 Å². The van der Waals surface area contributed by atoms with Gasteiger partial charge in [0.2, 0.25) is 0 Å². The molecule has 144 valence electrons. The van der Waals surface area contributed by atoms with Gasteiger partial charge < -0.3 is 19.8 Å². The molecule has 0 saturated carbocycles. The van der Waals surface area contributed by atoms with Crippen molar-refractivity contribution in [3.05, 3.63) is 58.1 Å². The van der Waals surface area contributed by atoms with Crippen LogP contribution in [0.3, 0.4) is 0 Å². The summed E-state index contributed by atoms with van der Waals surface area (Å²) in [7, 11) is 3.09. The lowest BCUT2D eigenvalue weighted by Crippen LogP contribution is -2.11. The van der Waals surface area contributed by atoms with Crippen LogP contribution >= 0.6 is 11.6 Å². The maximum atomic E-state index is 12.1. The van der Waals surface area contributed by atoms with E-state index in [9.17, 15) is 10.1 Å². The van der Waals surface area contributed by atoms with Crippen LogP contribution in [0.1, 0.15) is 27.4 Å². The Bertz CT molecular complexity index is 1090. The minimum absolute atomic E-state index is 0.0531. The summed E-state index contributed by atoms with van der Waals surface area (Å²) in [5.41, 5.74) is 8.55. The Morgan fingerprint density at radius 2 is 2.14 bits per heavy atom. The van der Waals surface area contributed by atoms with Gasteiger partial charge >= 0.3 is 5.97 Å². The third-order valence-corrected chi connectivity index (χ3v) is 4.51. The molecule has 0 amide bonds. The molecule has 0 atom stereocenters. The van der Waals surface area contributed by atoms with Crippen LogP contribution in [0.4, 0.5) is 5.69 Å². The van der Waals surface area contributed by atoms with Gasteiger partial charge in [-0.3, -0.25) is 4.68 Å². The normalized spacial score (nSPS) is 10.5. The van der Waals surface area contributed by atoms with Crippen LogP contribution in [0, 0.1) is 18.3 Å². The van der Waals surface area contributed by atoms with Crippen molar-refractivity contribution in [3.63, 3.8) is 0 Å². The summed E-state index contributed by atoms with van der Waals surface area (Å²) in [6.07, 6.45) is 1.46. The van der Waals surface area contributed by atoms with E-state index in [0.717, 1.165) is 11.4 Å². The van der Waals surface area contributed by atoms with Crippen LogP contribution in [-0.4, -0.2) is 27.4 Å². The van der Waals surface area contributed by atoms with Gasteiger partial charge in [-0.25, -0.2) is 4.79 Å². The average molecular weight is 400 g/mol. The molecule has 0 radical (unpaired) electrons. The van der Waals surface area contributed by atoms with Gasteiger partial charge in [0.25, 0.3) is 0 Å². The number of carbonyl (C=O) groups excluding carboxylic acids is 1. The largest absolute Gasteiger partial charge is 0.486 e. The summed E-state index contributed by atoms with van der Waals surface area (Å²) in [5.74, 6) is -0.174. The van der Waals surface area contributed by atoms with Gasteiger partial charge in [-0.1, -0.05) is 11.6 Å². The first kappa shape index (κ1) is 19.3. The maximum Gasteiger partial charge on any atom is 0.357 e. The number of aryl methyl sites for hydroxylation is 2. The zero-order valence-electron chi connectivity index (χ0n) is 15.6. The fourth-order valence-electron chi connectivity index (χ4n) is 2.83. The third-order valence-electron chi connectivity index (χ3n) is 4.21. The maximum absolute atomic E-state index is 12.1. The molecule has 2 aromatic heterocycles. The second-order valence-electron chi connectivity index (χ2n) is 6.08. The predicted molar refractivity (Wildman–Crippen MR) is 104 cm³/mol. The molecule has 0 saturated heterocycles. The van der Waals surface area contributed by atoms with Crippen molar-refractivity contribution >= 4 is 23.3 Å². The molecule has 2 heterocycles. The Labute approximate surface area is 166 Å². The van der Waals surface area contributed by atoms with E-state index in [1.54, 1.807) is 22.9 Å². The van der Waals surface area contributed by atoms with Crippen molar-refractivity contribution in [1.29, 1.82) is 5.26 Å². The minimum Gasteiger partial charge on any atom is -0.486 e. The standard InChI is InChI=1S/C19H18ClN5O3/c1-11-6-14(24(2)23-11)10-28-16-5-4-13(7-15(16)20)25-9-12(8-21)17(22)18(25)19(26)27-3/h4-7,9H,10,22H2,1-3H3. The Morgan fingerprint density at radius 3 is 2.71 bits per heavy atom. The molecule has 3 rings (SSSR count). The number of nitriles is 1. The predicted octanol–water partition coefficient (Wildman–Crippen LogP) is 2.99. The number of nitrogen functional groups attached to an aromatic ring is 1. The third kappa shape index (κ3) is 3.52. The smallest absolute Gasteiger partial charge is 0.357 e. The van der Waals surface area contributed by atoms with Gasteiger partial charge in [-0.05, 0) is 31.2 Å². The van der Waals surface area contributed by atoms with E-state index in [2.05, 4.69) is 5.10 Å². The lowest BCUT2D eigenvalue weighted by Gasteiger charge is -2.12. The summed E-state index contributed by atoms with van der Waals surface area (Å²) in [6, 6.07) is 8.90. The number of methoxy groups -OCH3 is 1. The molecular formula is C19H18ClN5O3. The zero-order chi connectivity index (χ0) is 20.4. The summed E-state index contributed by atoms with van der Waals surface area (Å²) >= 11 is 6.36. The van der Waals surface area contributed by atoms with Crippen molar-refractivity contribution in [2.45, 2.75) is 13.5 Å². The lowest BCUT2D eigenvalue weighted by atomic mass is 10.2. The molecule has 0 aliphatic rings. The number of anilines is 1. The van der Waals surface area contributed by atoms with Crippen LogP contribution < -0.4 is 10.5 Å². The van der Waals surface area contributed by atoms with Crippen LogP contribution in [0.5, 0.6) is 5.75 Å². The van der Waals surface area contributed by atoms with E-state index < -0.39 is 5.97 Å². The number of hydrogen-bond donors (Lipinski definition) is 1. The number of nitrogens with zero attached hydrogens (tertiary/aromatic N) is 4. The van der Waals surface area contributed by atoms with E-state index in [-0.39, 0.29) is 16.9 Å². The van der Waals surface area contributed by atoms with E-state index in [0.29, 0.717) is 23.1 Å². The number of carbonyl (C=O) groups is 1. The van der Waals surface area contributed by atoms with Crippen LogP contribution in [-0.2, 0) is 18.4 Å². The van der Waals surface area contributed by atoms with Gasteiger partial charge in [0.1, 0.15) is 18.4 Å². The number of ether oxygens (including phenoxy) is 2.